The minimum absolute atomic E-state index is 0.0955. The molecule has 21 heavy (non-hydrogen) atoms. The van der Waals surface area contributed by atoms with Crippen LogP contribution in [0.5, 0.6) is 11.5 Å². The number of ether oxygens (including phenoxy) is 2. The highest BCUT2D eigenvalue weighted by molar-refractivity contribution is 9.10. The summed E-state index contributed by atoms with van der Waals surface area (Å²) in [5.41, 5.74) is 0.819. The highest BCUT2D eigenvalue weighted by Crippen LogP contribution is 2.35. The van der Waals surface area contributed by atoms with Crippen molar-refractivity contribution in [1.29, 1.82) is 0 Å². The maximum Gasteiger partial charge on any atom is 0.168 e. The lowest BCUT2D eigenvalue weighted by atomic mass is 9.83. The Morgan fingerprint density at radius 3 is 2.33 bits per heavy atom. The summed E-state index contributed by atoms with van der Waals surface area (Å²) in [6.07, 6.45) is 1.52. The Labute approximate surface area is 136 Å². The van der Waals surface area contributed by atoms with Gasteiger partial charge in [0.15, 0.2) is 5.78 Å². The predicted molar refractivity (Wildman–Crippen MR) is 89.4 cm³/mol. The van der Waals surface area contributed by atoms with Gasteiger partial charge in [0.1, 0.15) is 11.5 Å². The smallest absolute Gasteiger partial charge is 0.168 e. The minimum Gasteiger partial charge on any atom is -0.497 e. The monoisotopic (exact) mass is 356 g/mol. The van der Waals surface area contributed by atoms with E-state index in [1.165, 1.54) is 0 Å². The second kappa shape index (κ2) is 7.30. The van der Waals surface area contributed by atoms with E-state index in [1.54, 1.807) is 26.4 Å². The van der Waals surface area contributed by atoms with Gasteiger partial charge in [-0.3, -0.25) is 4.79 Å². The van der Waals surface area contributed by atoms with Crippen LogP contribution in [0.3, 0.4) is 0 Å². The zero-order valence-corrected chi connectivity index (χ0v) is 15.3. The third-order valence-electron chi connectivity index (χ3n) is 3.26. The number of methoxy groups -OCH3 is 2. The summed E-state index contributed by atoms with van der Waals surface area (Å²) in [6, 6.07) is 3.54. The molecule has 0 bridgehead atoms. The summed E-state index contributed by atoms with van der Waals surface area (Å²) in [7, 11) is 3.16. The fourth-order valence-electron chi connectivity index (χ4n) is 2.64. The predicted octanol–water partition coefficient (Wildman–Crippen LogP) is 5.11. The largest absolute Gasteiger partial charge is 0.497 e. The summed E-state index contributed by atoms with van der Waals surface area (Å²) in [4.78, 5) is 12.6. The van der Waals surface area contributed by atoms with E-state index in [1.807, 2.05) is 0 Å². The van der Waals surface area contributed by atoms with Gasteiger partial charge in [0, 0.05) is 17.0 Å². The molecule has 1 rings (SSSR count). The molecule has 118 valence electrons. The van der Waals surface area contributed by atoms with Crippen LogP contribution in [0.25, 0.3) is 0 Å². The molecule has 0 aliphatic carbocycles. The number of hydrogen-bond donors (Lipinski definition) is 0. The van der Waals surface area contributed by atoms with Gasteiger partial charge in [-0.1, -0.05) is 27.7 Å². The Balaban J connectivity index is 2.97. The fraction of sp³-hybridized carbons (Fsp3) is 0.588. The number of carbonyl (C=O) groups is 1. The van der Waals surface area contributed by atoms with Crippen molar-refractivity contribution in [2.45, 2.75) is 40.5 Å². The van der Waals surface area contributed by atoms with Crippen LogP contribution in [-0.2, 0) is 0 Å². The first-order valence-electron chi connectivity index (χ1n) is 7.12. The fourth-order valence-corrected chi connectivity index (χ4v) is 3.29. The van der Waals surface area contributed by atoms with Crippen molar-refractivity contribution in [3.8, 4) is 11.5 Å². The molecule has 1 atom stereocenters. The highest BCUT2D eigenvalue weighted by Gasteiger charge is 2.22. The van der Waals surface area contributed by atoms with Crippen molar-refractivity contribution in [3.63, 3.8) is 0 Å². The number of carbonyl (C=O) groups excluding carboxylic acids is 1. The van der Waals surface area contributed by atoms with Crippen molar-refractivity contribution in [1.82, 2.24) is 0 Å². The van der Waals surface area contributed by atoms with Gasteiger partial charge in [0.2, 0.25) is 0 Å². The van der Waals surface area contributed by atoms with E-state index in [9.17, 15) is 4.79 Å². The van der Waals surface area contributed by atoms with Gasteiger partial charge in [0.25, 0.3) is 0 Å². The van der Waals surface area contributed by atoms with Crippen LogP contribution in [0.1, 0.15) is 50.9 Å². The SMILES string of the molecule is COc1cc(Br)c(C(=O)CC(C)CC(C)(C)C)c(OC)c1. The maximum atomic E-state index is 12.6. The molecular formula is C17H25BrO3. The molecule has 0 aromatic heterocycles. The molecule has 0 aliphatic heterocycles. The maximum absolute atomic E-state index is 12.6. The molecule has 4 heteroatoms. The van der Waals surface area contributed by atoms with Gasteiger partial charge in [0.05, 0.1) is 19.8 Å². The van der Waals surface area contributed by atoms with Crippen molar-refractivity contribution >= 4 is 21.7 Å². The van der Waals surface area contributed by atoms with Crippen LogP contribution < -0.4 is 9.47 Å². The van der Waals surface area contributed by atoms with Crippen LogP contribution >= 0.6 is 15.9 Å². The first kappa shape index (κ1) is 18.0. The van der Waals surface area contributed by atoms with E-state index in [0.29, 0.717) is 33.9 Å². The lowest BCUT2D eigenvalue weighted by Crippen LogP contribution is -2.15. The van der Waals surface area contributed by atoms with Crippen molar-refractivity contribution < 1.29 is 14.3 Å². The third-order valence-corrected chi connectivity index (χ3v) is 3.88. The summed E-state index contributed by atoms with van der Waals surface area (Å²) in [5.74, 6) is 1.64. The van der Waals surface area contributed by atoms with Crippen molar-refractivity contribution in [2.24, 2.45) is 11.3 Å². The van der Waals surface area contributed by atoms with E-state index in [0.717, 1.165) is 6.42 Å². The Morgan fingerprint density at radius 1 is 1.24 bits per heavy atom. The number of rotatable bonds is 6. The Bertz CT molecular complexity index is 503. The van der Waals surface area contributed by atoms with Crippen molar-refractivity contribution in [2.75, 3.05) is 14.2 Å². The molecule has 0 heterocycles. The summed E-state index contributed by atoms with van der Waals surface area (Å²) >= 11 is 3.45. The van der Waals surface area contributed by atoms with Gasteiger partial charge < -0.3 is 9.47 Å². The van der Waals surface area contributed by atoms with E-state index in [4.69, 9.17) is 9.47 Å². The number of benzene rings is 1. The van der Waals surface area contributed by atoms with Crippen LogP contribution in [0.15, 0.2) is 16.6 Å². The molecule has 0 radical (unpaired) electrons. The Morgan fingerprint density at radius 2 is 1.86 bits per heavy atom. The molecule has 1 aromatic rings. The topological polar surface area (TPSA) is 35.5 Å². The molecule has 0 fully saturated rings. The standard InChI is InChI=1S/C17H25BrO3/c1-11(10-17(2,3)4)7-14(19)16-13(18)8-12(20-5)9-15(16)21-6/h8-9,11H,7,10H2,1-6H3. The first-order valence-corrected chi connectivity index (χ1v) is 7.92. The molecule has 0 aliphatic rings. The number of halogens is 1. The molecule has 1 unspecified atom stereocenters. The number of hydrogen-bond acceptors (Lipinski definition) is 3. The van der Waals surface area contributed by atoms with Crippen LogP contribution in [0.2, 0.25) is 0 Å². The average Bonchev–Trinajstić information content (AvgIpc) is 2.34. The minimum atomic E-state index is 0.0955. The van der Waals surface area contributed by atoms with Gasteiger partial charge in [-0.2, -0.15) is 0 Å². The average molecular weight is 357 g/mol. The van der Waals surface area contributed by atoms with E-state index in [-0.39, 0.29) is 11.2 Å². The lowest BCUT2D eigenvalue weighted by molar-refractivity contribution is 0.0950. The molecule has 0 saturated carbocycles. The molecular weight excluding hydrogens is 332 g/mol. The number of ketones is 1. The van der Waals surface area contributed by atoms with Crippen LogP contribution in [0, 0.1) is 11.3 Å². The molecule has 0 spiro atoms. The van der Waals surface area contributed by atoms with E-state index >= 15 is 0 Å². The third kappa shape index (κ3) is 5.34. The quantitative estimate of drug-likeness (QED) is 0.664. The van der Waals surface area contributed by atoms with E-state index in [2.05, 4.69) is 43.6 Å². The summed E-state index contributed by atoms with van der Waals surface area (Å²) in [5, 5.41) is 0. The van der Waals surface area contributed by atoms with E-state index < -0.39 is 0 Å². The number of Topliss-reactive ketones (excluding diaryl/α,β-unsaturated/α-hetero) is 1. The second-order valence-corrected chi connectivity index (χ2v) is 7.54. The molecule has 1 aromatic carbocycles. The van der Waals surface area contributed by atoms with Gasteiger partial charge in [-0.05, 0) is 39.8 Å². The van der Waals surface area contributed by atoms with Crippen LogP contribution in [-0.4, -0.2) is 20.0 Å². The molecule has 0 saturated heterocycles. The summed E-state index contributed by atoms with van der Waals surface area (Å²) in [6.45, 7) is 8.70. The zero-order chi connectivity index (χ0) is 16.2. The van der Waals surface area contributed by atoms with Crippen molar-refractivity contribution in [3.05, 3.63) is 22.2 Å². The lowest BCUT2D eigenvalue weighted by Gasteiger charge is -2.23. The Hall–Kier alpha value is -1.03. The van der Waals surface area contributed by atoms with Gasteiger partial charge >= 0.3 is 0 Å². The molecule has 3 nitrogen and oxygen atoms in total. The normalized spacial score (nSPS) is 12.9. The molecule has 0 N–H and O–H groups in total. The zero-order valence-electron chi connectivity index (χ0n) is 13.7. The van der Waals surface area contributed by atoms with Gasteiger partial charge in [-0.25, -0.2) is 0 Å². The summed E-state index contributed by atoms with van der Waals surface area (Å²) < 4.78 is 11.3. The van der Waals surface area contributed by atoms with Gasteiger partial charge in [-0.15, -0.1) is 0 Å². The highest BCUT2D eigenvalue weighted by atomic mass is 79.9. The first-order chi connectivity index (χ1) is 9.67. The van der Waals surface area contributed by atoms with Crippen LogP contribution in [0.4, 0.5) is 0 Å². The second-order valence-electron chi connectivity index (χ2n) is 6.68. The Kier molecular flexibility index (Phi) is 6.26. The molecule has 0 amide bonds.